The third kappa shape index (κ3) is 12.5. The number of rotatable bonds is 20. The molecule has 61 heavy (non-hydrogen) atoms. The predicted molar refractivity (Wildman–Crippen MR) is 242 cm³/mol. The first-order valence-electron chi connectivity index (χ1n) is 20.6. The average molecular weight is 890 g/mol. The van der Waals surface area contributed by atoms with Gasteiger partial charge in [-0.1, -0.05) is 96.8 Å². The van der Waals surface area contributed by atoms with E-state index >= 15 is 0 Å². The Morgan fingerprint density at radius 3 is 1.80 bits per heavy atom. The molecule has 0 radical (unpaired) electrons. The van der Waals surface area contributed by atoms with Crippen LogP contribution in [0.4, 0.5) is 17.1 Å². The van der Waals surface area contributed by atoms with Crippen molar-refractivity contribution in [3.63, 3.8) is 0 Å². The zero-order chi connectivity index (χ0) is 44.4. The molecule has 4 aromatic rings. The summed E-state index contributed by atoms with van der Waals surface area (Å²) in [5.41, 5.74) is 5.12. The standard InChI is InChI=1S/C47H56N2O9S3/c1-7-9-29-48(41-15-13-17-43(31-41)60(53,54)57-33-35(3)4)39-25-21-37(22-26-39)47(45-19-11-12-20-46(45)59(50,51)52)38-23-27-40(28-24-38)49(30-10-8-2)42-16-14-18-44(32-42)61(55,56)58-34-36(5)6/h11-28,31-32,35-36H,7-10,29-30,33-34H2,1-6H3/p+1. The van der Waals surface area contributed by atoms with Gasteiger partial charge in [0.15, 0.2) is 0 Å². The van der Waals surface area contributed by atoms with Crippen LogP contribution in [0.25, 0.3) is 5.57 Å². The highest BCUT2D eigenvalue weighted by molar-refractivity contribution is 7.87. The van der Waals surface area contributed by atoms with E-state index in [1.54, 1.807) is 42.5 Å². The first-order valence-corrected chi connectivity index (χ1v) is 24.9. The van der Waals surface area contributed by atoms with Crippen LogP contribution < -0.4 is 4.90 Å². The van der Waals surface area contributed by atoms with Crippen molar-refractivity contribution in [1.29, 1.82) is 0 Å². The topological polar surface area (TPSA) is 147 Å². The molecule has 1 aliphatic carbocycles. The molecule has 1 N–H and O–H groups in total. The van der Waals surface area contributed by atoms with Gasteiger partial charge in [0.05, 0.1) is 18.1 Å². The number of unbranched alkanes of at least 4 members (excludes halogenated alkanes) is 2. The minimum absolute atomic E-state index is 0.0353. The summed E-state index contributed by atoms with van der Waals surface area (Å²) < 4.78 is 101. The summed E-state index contributed by atoms with van der Waals surface area (Å²) in [6.45, 7) is 13.0. The van der Waals surface area contributed by atoms with E-state index in [1.807, 2.05) is 97.9 Å². The summed E-state index contributed by atoms with van der Waals surface area (Å²) in [5, 5.41) is 0. The Kier molecular flexibility index (Phi) is 16.2. The van der Waals surface area contributed by atoms with E-state index < -0.39 is 30.4 Å². The first kappa shape index (κ1) is 47.4. The van der Waals surface area contributed by atoms with Crippen LogP contribution in [0.1, 0.15) is 78.4 Å². The second-order valence-corrected chi connectivity index (χ2v) is 20.3. The van der Waals surface area contributed by atoms with Crippen molar-refractivity contribution in [1.82, 2.24) is 0 Å². The molecule has 14 heteroatoms. The van der Waals surface area contributed by atoms with Crippen molar-refractivity contribution in [2.45, 2.75) is 81.9 Å². The third-order valence-electron chi connectivity index (χ3n) is 9.79. The fraction of sp³-hybridized carbons (Fsp3) is 0.340. The molecule has 0 saturated carbocycles. The third-order valence-corrected chi connectivity index (χ3v) is 13.3. The van der Waals surface area contributed by atoms with Gasteiger partial charge in [-0.15, -0.1) is 0 Å². The lowest BCUT2D eigenvalue weighted by atomic mass is 9.90. The van der Waals surface area contributed by atoms with Crippen LogP contribution in [-0.2, 0) is 38.7 Å². The molecule has 0 amide bonds. The van der Waals surface area contributed by atoms with Gasteiger partial charge in [-0.25, -0.2) is 0 Å². The SMILES string of the molecule is CCCCN(c1ccc(C(=C2C=CC(=[N+](CCCC)c3cccc(S(=O)(=O)OCC(C)C)c3)C=C2)c2ccccc2S(=O)(=O)O)cc1)c1cccc(S(=O)(=O)OCC(C)C)c1. The Labute approximate surface area is 362 Å². The molecule has 0 saturated heterocycles. The van der Waals surface area contributed by atoms with E-state index in [4.69, 9.17) is 8.37 Å². The Bertz CT molecular complexity index is 2610. The first-order chi connectivity index (χ1) is 28.9. The number of benzene rings is 4. The minimum Gasteiger partial charge on any atom is -0.341 e. The second-order valence-electron chi connectivity index (χ2n) is 15.7. The van der Waals surface area contributed by atoms with E-state index in [-0.39, 0.29) is 39.7 Å². The number of nitrogens with zero attached hydrogens (tertiary/aromatic N) is 2. The minimum atomic E-state index is -4.64. The molecule has 0 aliphatic heterocycles. The van der Waals surface area contributed by atoms with Crippen molar-refractivity contribution >= 4 is 58.7 Å². The monoisotopic (exact) mass is 889 g/mol. The van der Waals surface area contributed by atoms with Gasteiger partial charge in [-0.3, -0.25) is 12.9 Å². The van der Waals surface area contributed by atoms with Crippen molar-refractivity contribution in [2.24, 2.45) is 11.8 Å². The molecule has 0 unspecified atom stereocenters. The lowest BCUT2D eigenvalue weighted by Crippen LogP contribution is -2.19. The summed E-state index contributed by atoms with van der Waals surface area (Å²) in [6.07, 6.45) is 11.0. The maximum Gasteiger partial charge on any atom is 0.297 e. The van der Waals surface area contributed by atoms with Crippen molar-refractivity contribution in [2.75, 3.05) is 31.2 Å². The zero-order valence-electron chi connectivity index (χ0n) is 35.7. The number of anilines is 2. The summed E-state index contributed by atoms with van der Waals surface area (Å²) >= 11 is 0. The van der Waals surface area contributed by atoms with E-state index in [1.165, 1.54) is 18.2 Å². The molecule has 11 nitrogen and oxygen atoms in total. The number of hydrogen-bond acceptors (Lipinski definition) is 9. The molecule has 1 aliphatic rings. The molecule has 0 spiro atoms. The molecule has 0 fully saturated rings. The Morgan fingerprint density at radius 1 is 0.656 bits per heavy atom. The normalized spacial score (nSPS) is 13.3. The van der Waals surface area contributed by atoms with Gasteiger partial charge >= 0.3 is 0 Å². The fourth-order valence-corrected chi connectivity index (χ4v) is 9.53. The molecule has 0 heterocycles. The molecule has 4 aromatic carbocycles. The van der Waals surface area contributed by atoms with Crippen LogP contribution in [-0.4, -0.2) is 66.4 Å². The Morgan fingerprint density at radius 2 is 1.23 bits per heavy atom. The van der Waals surface area contributed by atoms with Crippen LogP contribution in [0.3, 0.4) is 0 Å². The predicted octanol–water partition coefficient (Wildman–Crippen LogP) is 10.1. The van der Waals surface area contributed by atoms with Gasteiger partial charge in [0.2, 0.25) is 11.4 Å². The Hall–Kier alpha value is -4.70. The zero-order valence-corrected chi connectivity index (χ0v) is 38.1. The molecular weight excluding hydrogens is 833 g/mol. The van der Waals surface area contributed by atoms with Crippen molar-refractivity contribution < 1.29 is 42.7 Å². The summed E-state index contributed by atoms with van der Waals surface area (Å²) in [6, 6.07) is 27.2. The number of hydrogen-bond donors (Lipinski definition) is 1. The van der Waals surface area contributed by atoms with Gasteiger partial charge in [-0.2, -0.15) is 29.8 Å². The molecule has 0 bridgehead atoms. The quantitative estimate of drug-likeness (QED) is 0.0517. The molecule has 326 valence electrons. The van der Waals surface area contributed by atoms with E-state index in [9.17, 15) is 29.8 Å². The summed E-state index contributed by atoms with van der Waals surface area (Å²) in [5.74, 6) is 0.0706. The van der Waals surface area contributed by atoms with Gasteiger partial charge in [0.25, 0.3) is 30.4 Å². The maximum atomic E-state index is 13.1. The molecule has 0 aromatic heterocycles. The lowest BCUT2D eigenvalue weighted by molar-refractivity contribution is -0.439. The van der Waals surface area contributed by atoms with Crippen LogP contribution in [0.2, 0.25) is 0 Å². The highest BCUT2D eigenvalue weighted by Gasteiger charge is 2.25. The van der Waals surface area contributed by atoms with Crippen LogP contribution >= 0.6 is 0 Å². The maximum absolute atomic E-state index is 13.1. The highest BCUT2D eigenvalue weighted by atomic mass is 32.2. The van der Waals surface area contributed by atoms with Gasteiger partial charge < -0.3 is 4.90 Å². The van der Waals surface area contributed by atoms with Crippen LogP contribution in [0, 0.1) is 11.8 Å². The van der Waals surface area contributed by atoms with Gasteiger partial charge in [0.1, 0.15) is 16.3 Å². The summed E-state index contributed by atoms with van der Waals surface area (Å²) in [7, 11) is -12.6. The smallest absolute Gasteiger partial charge is 0.297 e. The number of allylic oxidation sites excluding steroid dienone is 5. The van der Waals surface area contributed by atoms with Gasteiger partial charge in [0, 0.05) is 54.2 Å². The average Bonchev–Trinajstić information content (AvgIpc) is 3.24. The van der Waals surface area contributed by atoms with E-state index in [0.717, 1.165) is 37.1 Å². The van der Waals surface area contributed by atoms with E-state index in [0.29, 0.717) is 46.7 Å². The lowest BCUT2D eigenvalue weighted by Gasteiger charge is -2.26. The van der Waals surface area contributed by atoms with Crippen LogP contribution in [0.5, 0.6) is 0 Å². The largest absolute Gasteiger partial charge is 0.341 e. The highest BCUT2D eigenvalue weighted by Crippen LogP contribution is 2.36. The van der Waals surface area contributed by atoms with Gasteiger partial charge in [-0.05, 0) is 89.6 Å². The van der Waals surface area contributed by atoms with Crippen molar-refractivity contribution in [3.8, 4) is 0 Å². The van der Waals surface area contributed by atoms with E-state index in [2.05, 4.69) is 13.8 Å². The molecular formula is C47H57N2O9S3+. The summed E-state index contributed by atoms with van der Waals surface area (Å²) in [4.78, 5) is 1.91. The fourth-order valence-electron chi connectivity index (χ4n) is 6.64. The van der Waals surface area contributed by atoms with Crippen LogP contribution in [0.15, 0.2) is 142 Å². The Balaban J connectivity index is 1.61. The van der Waals surface area contributed by atoms with Crippen molar-refractivity contribution in [3.05, 3.63) is 138 Å². The second kappa shape index (κ2) is 20.9. The molecule has 5 rings (SSSR count). The molecule has 0 atom stereocenters.